The largest absolute Gasteiger partial charge is 0.507 e. The van der Waals surface area contributed by atoms with E-state index in [1.54, 1.807) is 24.4 Å². The molecule has 0 spiro atoms. The summed E-state index contributed by atoms with van der Waals surface area (Å²) in [5, 5.41) is 24.2. The first-order valence-electron chi connectivity index (χ1n) is 8.90. The molecule has 0 aliphatic rings. The summed E-state index contributed by atoms with van der Waals surface area (Å²) in [5.41, 5.74) is 5.47. The minimum atomic E-state index is -1.01. The third-order valence-electron chi connectivity index (χ3n) is 4.30. The molecule has 0 saturated carbocycles. The molecule has 27 heavy (non-hydrogen) atoms. The molecule has 0 bridgehead atoms. The smallest absolute Gasteiger partial charge is 0.337 e. The zero-order chi connectivity index (χ0) is 20.4. The monoisotopic (exact) mass is 368 g/mol. The molecular formula is C22H28N2O3. The second kappa shape index (κ2) is 7.43. The van der Waals surface area contributed by atoms with Gasteiger partial charge in [-0.15, -0.1) is 0 Å². The standard InChI is InChI=1S/C22H28N2O3/c1-21(2,3)16-11-14(12-17(19(16)25)22(4,5)6)13-23-24-18-10-8-7-9-15(18)20(26)27/h7-13,24-25H,1-6H3,(H,26,27). The summed E-state index contributed by atoms with van der Waals surface area (Å²) in [6.07, 6.45) is 1.64. The number of phenolic OH excluding ortho intramolecular Hbond substituents is 1. The molecule has 0 heterocycles. The number of carbonyl (C=O) groups is 1. The van der Waals surface area contributed by atoms with Crippen molar-refractivity contribution in [2.75, 3.05) is 5.43 Å². The molecule has 3 N–H and O–H groups in total. The molecular weight excluding hydrogens is 340 g/mol. The number of aromatic hydroxyl groups is 1. The maximum absolute atomic E-state index is 11.3. The normalized spacial score (nSPS) is 12.4. The zero-order valence-corrected chi connectivity index (χ0v) is 16.8. The van der Waals surface area contributed by atoms with Crippen LogP contribution in [0.3, 0.4) is 0 Å². The summed E-state index contributed by atoms with van der Waals surface area (Å²) in [4.78, 5) is 11.3. The number of carboxylic acids is 1. The van der Waals surface area contributed by atoms with E-state index >= 15 is 0 Å². The number of anilines is 1. The summed E-state index contributed by atoms with van der Waals surface area (Å²) in [6, 6.07) is 10.4. The van der Waals surface area contributed by atoms with Crippen molar-refractivity contribution >= 4 is 17.9 Å². The van der Waals surface area contributed by atoms with E-state index < -0.39 is 5.97 Å². The van der Waals surface area contributed by atoms with Crippen molar-refractivity contribution in [3.63, 3.8) is 0 Å². The van der Waals surface area contributed by atoms with Crippen LogP contribution < -0.4 is 5.43 Å². The van der Waals surface area contributed by atoms with E-state index in [2.05, 4.69) is 52.1 Å². The number of para-hydroxylation sites is 1. The summed E-state index contributed by atoms with van der Waals surface area (Å²) in [6.45, 7) is 12.3. The molecule has 0 aromatic heterocycles. The van der Waals surface area contributed by atoms with Crippen LogP contribution in [0.15, 0.2) is 41.5 Å². The molecule has 0 amide bonds. The Morgan fingerprint density at radius 1 is 1.00 bits per heavy atom. The van der Waals surface area contributed by atoms with Crippen molar-refractivity contribution in [3.8, 4) is 5.75 Å². The molecule has 2 aromatic rings. The Balaban J connectivity index is 2.42. The Labute approximate surface area is 160 Å². The minimum Gasteiger partial charge on any atom is -0.507 e. The van der Waals surface area contributed by atoms with E-state index in [1.807, 2.05) is 12.1 Å². The highest BCUT2D eigenvalue weighted by atomic mass is 16.4. The summed E-state index contributed by atoms with van der Waals surface area (Å²) in [5.74, 6) is -0.695. The highest BCUT2D eigenvalue weighted by Crippen LogP contribution is 2.39. The van der Waals surface area contributed by atoms with Gasteiger partial charge in [0.05, 0.1) is 17.5 Å². The average Bonchev–Trinajstić information content (AvgIpc) is 2.54. The summed E-state index contributed by atoms with van der Waals surface area (Å²) < 4.78 is 0. The quantitative estimate of drug-likeness (QED) is 0.516. The molecule has 2 rings (SSSR count). The number of phenols is 1. The Kier molecular flexibility index (Phi) is 5.64. The van der Waals surface area contributed by atoms with Gasteiger partial charge in [-0.05, 0) is 40.7 Å². The van der Waals surface area contributed by atoms with Crippen LogP contribution in [0, 0.1) is 0 Å². The van der Waals surface area contributed by atoms with Crippen LogP contribution in [0.25, 0.3) is 0 Å². The van der Waals surface area contributed by atoms with Crippen LogP contribution in [0.4, 0.5) is 5.69 Å². The van der Waals surface area contributed by atoms with Gasteiger partial charge >= 0.3 is 5.97 Å². The number of nitrogens with one attached hydrogen (secondary N) is 1. The molecule has 2 aromatic carbocycles. The van der Waals surface area contributed by atoms with Crippen LogP contribution >= 0.6 is 0 Å². The molecule has 144 valence electrons. The van der Waals surface area contributed by atoms with Gasteiger partial charge in [-0.2, -0.15) is 5.10 Å². The number of aromatic carboxylic acids is 1. The maximum Gasteiger partial charge on any atom is 0.337 e. The highest BCUT2D eigenvalue weighted by Gasteiger charge is 2.26. The van der Waals surface area contributed by atoms with Crippen LogP contribution in [0.1, 0.15) is 68.6 Å². The van der Waals surface area contributed by atoms with E-state index in [-0.39, 0.29) is 16.4 Å². The number of nitrogens with zero attached hydrogens (tertiary/aromatic N) is 1. The van der Waals surface area contributed by atoms with Crippen LogP contribution in [0.5, 0.6) is 5.75 Å². The number of rotatable bonds is 4. The molecule has 0 saturated heterocycles. The lowest BCUT2D eigenvalue weighted by Crippen LogP contribution is -2.18. The minimum absolute atomic E-state index is 0.158. The average molecular weight is 368 g/mol. The van der Waals surface area contributed by atoms with Crippen LogP contribution in [-0.4, -0.2) is 22.4 Å². The number of hydrogen-bond acceptors (Lipinski definition) is 4. The Hall–Kier alpha value is -2.82. The van der Waals surface area contributed by atoms with Crippen molar-refractivity contribution in [2.24, 2.45) is 5.10 Å². The number of benzene rings is 2. The molecule has 5 nitrogen and oxygen atoms in total. The molecule has 0 unspecified atom stereocenters. The van der Waals surface area contributed by atoms with Gasteiger partial charge in [-0.25, -0.2) is 4.79 Å². The highest BCUT2D eigenvalue weighted by molar-refractivity contribution is 5.94. The lowest BCUT2D eigenvalue weighted by Gasteiger charge is -2.27. The van der Waals surface area contributed by atoms with Crippen molar-refractivity contribution in [1.29, 1.82) is 0 Å². The predicted molar refractivity (Wildman–Crippen MR) is 110 cm³/mol. The zero-order valence-electron chi connectivity index (χ0n) is 16.8. The van der Waals surface area contributed by atoms with E-state index in [0.29, 0.717) is 11.4 Å². The van der Waals surface area contributed by atoms with Crippen molar-refractivity contribution in [3.05, 3.63) is 58.7 Å². The first-order valence-corrected chi connectivity index (χ1v) is 8.90. The molecule has 5 heteroatoms. The molecule has 0 atom stereocenters. The van der Waals surface area contributed by atoms with E-state index in [9.17, 15) is 15.0 Å². The maximum atomic E-state index is 11.3. The third kappa shape index (κ3) is 4.88. The predicted octanol–water partition coefficient (Wildman–Crippen LogP) is 5.13. The van der Waals surface area contributed by atoms with E-state index in [4.69, 9.17) is 0 Å². The Morgan fingerprint density at radius 2 is 1.52 bits per heavy atom. The van der Waals surface area contributed by atoms with Gasteiger partial charge in [0.25, 0.3) is 0 Å². The topological polar surface area (TPSA) is 81.9 Å². The van der Waals surface area contributed by atoms with Crippen molar-refractivity contribution < 1.29 is 15.0 Å². The second-order valence-corrected chi connectivity index (χ2v) is 8.69. The lowest BCUT2D eigenvalue weighted by atomic mass is 9.78. The van der Waals surface area contributed by atoms with Crippen molar-refractivity contribution in [2.45, 2.75) is 52.4 Å². The Morgan fingerprint density at radius 3 is 2.00 bits per heavy atom. The fourth-order valence-corrected chi connectivity index (χ4v) is 2.82. The lowest BCUT2D eigenvalue weighted by molar-refractivity contribution is 0.0698. The molecule has 0 fully saturated rings. The summed E-state index contributed by atoms with van der Waals surface area (Å²) in [7, 11) is 0. The van der Waals surface area contributed by atoms with E-state index in [1.165, 1.54) is 6.07 Å². The SMILES string of the molecule is CC(C)(C)c1cc(C=NNc2ccccc2C(=O)O)cc(C(C)(C)C)c1O. The van der Waals surface area contributed by atoms with Crippen molar-refractivity contribution in [1.82, 2.24) is 0 Å². The number of hydrogen-bond donors (Lipinski definition) is 3. The van der Waals surface area contributed by atoms with Crippen LogP contribution in [-0.2, 0) is 10.8 Å². The van der Waals surface area contributed by atoms with Gasteiger partial charge in [0.1, 0.15) is 5.75 Å². The first kappa shape index (κ1) is 20.5. The molecule has 0 aliphatic carbocycles. The van der Waals surface area contributed by atoms with Gasteiger partial charge < -0.3 is 10.2 Å². The van der Waals surface area contributed by atoms with Gasteiger partial charge in [0.15, 0.2) is 0 Å². The van der Waals surface area contributed by atoms with E-state index in [0.717, 1.165) is 16.7 Å². The summed E-state index contributed by atoms with van der Waals surface area (Å²) >= 11 is 0. The molecule has 0 radical (unpaired) electrons. The fraction of sp³-hybridized carbons (Fsp3) is 0.364. The number of hydrazone groups is 1. The van der Waals surface area contributed by atoms with Crippen LogP contribution in [0.2, 0.25) is 0 Å². The first-order chi connectivity index (χ1) is 12.4. The van der Waals surface area contributed by atoms with Gasteiger partial charge in [0.2, 0.25) is 0 Å². The third-order valence-corrected chi connectivity index (χ3v) is 4.30. The fourth-order valence-electron chi connectivity index (χ4n) is 2.82. The number of carboxylic acid groups (broad SMARTS) is 1. The van der Waals surface area contributed by atoms with Gasteiger partial charge in [-0.1, -0.05) is 53.7 Å². The second-order valence-electron chi connectivity index (χ2n) is 8.69. The molecule has 0 aliphatic heterocycles. The van der Waals surface area contributed by atoms with Gasteiger partial charge in [0, 0.05) is 11.1 Å². The van der Waals surface area contributed by atoms with Gasteiger partial charge in [-0.3, -0.25) is 5.43 Å². The Bertz CT molecular complexity index is 837.